The number of ether oxygens (including phenoxy) is 1. The summed E-state index contributed by atoms with van der Waals surface area (Å²) in [6.45, 7) is 5.31. The van der Waals surface area contributed by atoms with Crippen molar-refractivity contribution < 1.29 is 9.13 Å². The van der Waals surface area contributed by atoms with E-state index in [0.29, 0.717) is 18.9 Å². The summed E-state index contributed by atoms with van der Waals surface area (Å²) in [5.74, 6) is 0.149. The average molecular weight is 246 g/mol. The standard InChI is InChI=1S/C12H17ClFNO/c1-12(2,8-15)5-6-16-9-3-4-11(14)10(13)7-9/h3-4,7H,5-6,8,15H2,1-2H3. The smallest absolute Gasteiger partial charge is 0.142 e. The second-order valence-electron chi connectivity index (χ2n) is 4.54. The minimum absolute atomic E-state index is 0.0594. The molecule has 0 saturated carbocycles. The Hall–Kier alpha value is -0.800. The van der Waals surface area contributed by atoms with Gasteiger partial charge in [-0.15, -0.1) is 0 Å². The van der Waals surface area contributed by atoms with Gasteiger partial charge in [-0.25, -0.2) is 4.39 Å². The van der Waals surface area contributed by atoms with Gasteiger partial charge in [0.2, 0.25) is 0 Å². The molecule has 1 rings (SSSR count). The molecule has 0 bridgehead atoms. The zero-order valence-electron chi connectivity index (χ0n) is 9.59. The highest BCUT2D eigenvalue weighted by Gasteiger charge is 2.15. The maximum absolute atomic E-state index is 12.9. The monoisotopic (exact) mass is 245 g/mol. The Balaban J connectivity index is 2.46. The minimum Gasteiger partial charge on any atom is -0.494 e. The molecule has 0 radical (unpaired) electrons. The first-order valence-electron chi connectivity index (χ1n) is 5.22. The van der Waals surface area contributed by atoms with Crippen molar-refractivity contribution in [1.82, 2.24) is 0 Å². The first-order valence-corrected chi connectivity index (χ1v) is 5.60. The molecule has 1 aromatic carbocycles. The highest BCUT2D eigenvalue weighted by Crippen LogP contribution is 2.23. The summed E-state index contributed by atoms with van der Waals surface area (Å²) in [5.41, 5.74) is 5.66. The molecule has 4 heteroatoms. The normalized spacial score (nSPS) is 11.6. The third-order valence-electron chi connectivity index (χ3n) is 2.49. The largest absolute Gasteiger partial charge is 0.494 e. The van der Waals surface area contributed by atoms with Crippen LogP contribution in [0.5, 0.6) is 5.75 Å². The van der Waals surface area contributed by atoms with Crippen molar-refractivity contribution in [2.45, 2.75) is 20.3 Å². The van der Waals surface area contributed by atoms with E-state index in [1.165, 1.54) is 12.1 Å². The second-order valence-corrected chi connectivity index (χ2v) is 4.95. The number of hydrogen-bond donors (Lipinski definition) is 1. The topological polar surface area (TPSA) is 35.2 Å². The van der Waals surface area contributed by atoms with Gasteiger partial charge in [0.15, 0.2) is 0 Å². The quantitative estimate of drug-likeness (QED) is 0.865. The van der Waals surface area contributed by atoms with Crippen molar-refractivity contribution >= 4 is 11.6 Å². The molecule has 0 aliphatic rings. The summed E-state index contributed by atoms with van der Waals surface area (Å²) in [7, 11) is 0. The van der Waals surface area contributed by atoms with Gasteiger partial charge in [-0.1, -0.05) is 25.4 Å². The zero-order chi connectivity index (χ0) is 12.2. The molecule has 0 aliphatic heterocycles. The molecule has 0 saturated heterocycles. The first-order chi connectivity index (χ1) is 7.44. The fraction of sp³-hybridized carbons (Fsp3) is 0.500. The van der Waals surface area contributed by atoms with Gasteiger partial charge in [0, 0.05) is 6.07 Å². The Morgan fingerprint density at radius 2 is 2.12 bits per heavy atom. The van der Waals surface area contributed by atoms with Crippen LogP contribution in [0.25, 0.3) is 0 Å². The highest BCUT2D eigenvalue weighted by atomic mass is 35.5. The number of benzene rings is 1. The predicted octanol–water partition coefficient (Wildman–Crippen LogP) is 3.23. The Bertz CT molecular complexity index is 355. The van der Waals surface area contributed by atoms with E-state index in [9.17, 15) is 4.39 Å². The van der Waals surface area contributed by atoms with Crippen molar-refractivity contribution in [2.75, 3.05) is 13.2 Å². The van der Waals surface area contributed by atoms with Gasteiger partial charge in [-0.2, -0.15) is 0 Å². The molecule has 0 aromatic heterocycles. The van der Waals surface area contributed by atoms with Crippen molar-refractivity contribution in [3.63, 3.8) is 0 Å². The maximum Gasteiger partial charge on any atom is 0.142 e. The van der Waals surface area contributed by atoms with E-state index >= 15 is 0 Å². The van der Waals surface area contributed by atoms with Crippen LogP contribution in [0.1, 0.15) is 20.3 Å². The molecule has 0 heterocycles. The number of rotatable bonds is 5. The summed E-state index contributed by atoms with van der Waals surface area (Å²) >= 11 is 5.63. The molecular weight excluding hydrogens is 229 g/mol. The minimum atomic E-state index is -0.434. The third-order valence-corrected chi connectivity index (χ3v) is 2.78. The van der Waals surface area contributed by atoms with E-state index in [-0.39, 0.29) is 10.4 Å². The van der Waals surface area contributed by atoms with Crippen LogP contribution in [0.15, 0.2) is 18.2 Å². The summed E-state index contributed by atoms with van der Waals surface area (Å²) in [4.78, 5) is 0. The van der Waals surface area contributed by atoms with Crippen molar-refractivity contribution in [3.8, 4) is 5.75 Å². The molecule has 2 N–H and O–H groups in total. The molecule has 2 nitrogen and oxygen atoms in total. The summed E-state index contributed by atoms with van der Waals surface area (Å²) < 4.78 is 18.3. The van der Waals surface area contributed by atoms with Gasteiger partial charge >= 0.3 is 0 Å². The van der Waals surface area contributed by atoms with E-state index in [0.717, 1.165) is 6.42 Å². The van der Waals surface area contributed by atoms with Crippen LogP contribution >= 0.6 is 11.6 Å². The molecule has 0 amide bonds. The van der Waals surface area contributed by atoms with Crippen molar-refractivity contribution in [3.05, 3.63) is 29.0 Å². The number of hydrogen-bond acceptors (Lipinski definition) is 2. The molecule has 1 aromatic rings. The third kappa shape index (κ3) is 3.99. The van der Waals surface area contributed by atoms with Crippen LogP contribution < -0.4 is 10.5 Å². The lowest BCUT2D eigenvalue weighted by Gasteiger charge is -2.22. The van der Waals surface area contributed by atoms with Crippen LogP contribution in [0.3, 0.4) is 0 Å². The molecule has 0 aliphatic carbocycles. The lowest BCUT2D eigenvalue weighted by atomic mass is 9.90. The fourth-order valence-electron chi connectivity index (χ4n) is 1.11. The SMILES string of the molecule is CC(C)(CN)CCOc1ccc(F)c(Cl)c1. The molecule has 0 atom stereocenters. The summed E-state index contributed by atoms with van der Waals surface area (Å²) in [5, 5.41) is 0.0792. The van der Waals surface area contributed by atoms with Gasteiger partial charge in [0.25, 0.3) is 0 Å². The molecular formula is C12H17ClFNO. The van der Waals surface area contributed by atoms with Gasteiger partial charge < -0.3 is 10.5 Å². The van der Waals surface area contributed by atoms with E-state index < -0.39 is 5.82 Å². The Kier molecular flexibility index (Phi) is 4.56. The fourth-order valence-corrected chi connectivity index (χ4v) is 1.28. The molecule has 16 heavy (non-hydrogen) atoms. The summed E-state index contributed by atoms with van der Waals surface area (Å²) in [6.07, 6.45) is 0.846. The van der Waals surface area contributed by atoms with E-state index in [4.69, 9.17) is 22.1 Å². The van der Waals surface area contributed by atoms with Crippen LogP contribution in [-0.4, -0.2) is 13.2 Å². The maximum atomic E-state index is 12.9. The number of halogens is 2. The molecule has 0 unspecified atom stereocenters. The summed E-state index contributed by atoms with van der Waals surface area (Å²) in [6, 6.07) is 4.34. The zero-order valence-corrected chi connectivity index (χ0v) is 10.4. The second kappa shape index (κ2) is 5.51. The van der Waals surface area contributed by atoms with Crippen molar-refractivity contribution in [1.29, 1.82) is 0 Å². The predicted molar refractivity (Wildman–Crippen MR) is 64.4 cm³/mol. The van der Waals surface area contributed by atoms with Crippen molar-refractivity contribution in [2.24, 2.45) is 11.1 Å². The van der Waals surface area contributed by atoms with E-state index in [1.54, 1.807) is 6.07 Å². The highest BCUT2D eigenvalue weighted by molar-refractivity contribution is 6.30. The number of nitrogens with two attached hydrogens (primary N) is 1. The van der Waals surface area contributed by atoms with Crippen LogP contribution in [-0.2, 0) is 0 Å². The Morgan fingerprint density at radius 1 is 1.44 bits per heavy atom. The first kappa shape index (κ1) is 13.3. The van der Waals surface area contributed by atoms with Gasteiger partial charge in [0.05, 0.1) is 11.6 Å². The van der Waals surface area contributed by atoms with Crippen LogP contribution in [0.2, 0.25) is 5.02 Å². The lowest BCUT2D eigenvalue weighted by molar-refractivity contribution is 0.233. The lowest BCUT2D eigenvalue weighted by Crippen LogP contribution is -2.25. The van der Waals surface area contributed by atoms with Gasteiger partial charge in [-0.3, -0.25) is 0 Å². The van der Waals surface area contributed by atoms with Crippen LogP contribution in [0, 0.1) is 11.2 Å². The molecule has 0 spiro atoms. The van der Waals surface area contributed by atoms with Gasteiger partial charge in [-0.05, 0) is 30.5 Å². The van der Waals surface area contributed by atoms with E-state index in [2.05, 4.69) is 13.8 Å². The molecule has 90 valence electrons. The van der Waals surface area contributed by atoms with Crippen LogP contribution in [0.4, 0.5) is 4.39 Å². The van der Waals surface area contributed by atoms with Gasteiger partial charge in [0.1, 0.15) is 11.6 Å². The Labute approximate surface area is 101 Å². The average Bonchev–Trinajstić information content (AvgIpc) is 2.23. The Morgan fingerprint density at radius 3 is 2.69 bits per heavy atom. The molecule has 0 fully saturated rings. The van der Waals surface area contributed by atoms with E-state index in [1.807, 2.05) is 0 Å².